The van der Waals surface area contributed by atoms with Crippen LogP contribution in [-0.4, -0.2) is 52.0 Å². The number of nitrogens with zero attached hydrogens (tertiary/aromatic N) is 4. The molecule has 0 radical (unpaired) electrons. The SMILES string of the molecule is CCN1CCN(c2ccc(Nc3ccc(-c4cc[nH]c(=O)c4)n4ccnc34)cc2Cl)CC1. The number of pyridine rings is 2. The molecule has 1 aromatic carbocycles. The molecule has 1 fully saturated rings. The van der Waals surface area contributed by atoms with Gasteiger partial charge in [0.15, 0.2) is 5.65 Å². The highest BCUT2D eigenvalue weighted by atomic mass is 35.5. The average Bonchev–Trinajstić information content (AvgIpc) is 3.30. The van der Waals surface area contributed by atoms with Gasteiger partial charge in [-0.2, -0.15) is 0 Å². The van der Waals surface area contributed by atoms with E-state index in [1.54, 1.807) is 18.5 Å². The Bertz CT molecular complexity index is 1310. The van der Waals surface area contributed by atoms with Crippen molar-refractivity contribution in [2.24, 2.45) is 0 Å². The molecule has 0 aliphatic carbocycles. The Morgan fingerprint density at radius 3 is 2.69 bits per heavy atom. The molecule has 5 rings (SSSR count). The number of hydrogen-bond donors (Lipinski definition) is 2. The van der Waals surface area contributed by atoms with Crippen LogP contribution >= 0.6 is 11.6 Å². The van der Waals surface area contributed by atoms with E-state index in [1.165, 1.54) is 0 Å². The lowest BCUT2D eigenvalue weighted by atomic mass is 10.1. The second-order valence-electron chi connectivity index (χ2n) is 7.91. The summed E-state index contributed by atoms with van der Waals surface area (Å²) in [6.45, 7) is 7.38. The summed E-state index contributed by atoms with van der Waals surface area (Å²) in [6, 6.07) is 13.5. The minimum absolute atomic E-state index is 0.135. The molecular weight excluding hydrogens is 424 g/mol. The number of halogens is 1. The van der Waals surface area contributed by atoms with Crippen molar-refractivity contribution in [1.82, 2.24) is 19.3 Å². The Morgan fingerprint density at radius 1 is 1.09 bits per heavy atom. The zero-order chi connectivity index (χ0) is 22.1. The number of fused-ring (bicyclic) bond motifs is 1. The summed E-state index contributed by atoms with van der Waals surface area (Å²) in [6.07, 6.45) is 5.30. The summed E-state index contributed by atoms with van der Waals surface area (Å²) in [7, 11) is 0. The lowest BCUT2D eigenvalue weighted by Gasteiger charge is -2.36. The Hall–Kier alpha value is -3.29. The molecule has 1 aliphatic rings. The molecule has 4 aromatic rings. The second-order valence-corrected chi connectivity index (χ2v) is 8.31. The smallest absolute Gasteiger partial charge is 0.248 e. The van der Waals surface area contributed by atoms with Crippen LogP contribution < -0.4 is 15.8 Å². The fourth-order valence-electron chi connectivity index (χ4n) is 4.25. The van der Waals surface area contributed by atoms with Crippen LogP contribution in [0.5, 0.6) is 0 Å². The van der Waals surface area contributed by atoms with Crippen LogP contribution in [-0.2, 0) is 0 Å². The van der Waals surface area contributed by atoms with Crippen molar-refractivity contribution in [3.8, 4) is 11.3 Å². The summed E-state index contributed by atoms with van der Waals surface area (Å²) in [5.41, 5.74) is 5.21. The number of benzene rings is 1. The van der Waals surface area contributed by atoms with E-state index in [4.69, 9.17) is 11.6 Å². The van der Waals surface area contributed by atoms with Crippen molar-refractivity contribution in [1.29, 1.82) is 0 Å². The lowest BCUT2D eigenvalue weighted by Crippen LogP contribution is -2.46. The molecule has 0 unspecified atom stereocenters. The molecule has 32 heavy (non-hydrogen) atoms. The van der Waals surface area contributed by atoms with Gasteiger partial charge in [-0.25, -0.2) is 4.98 Å². The van der Waals surface area contributed by atoms with Gasteiger partial charge in [0.25, 0.3) is 0 Å². The molecule has 7 nitrogen and oxygen atoms in total. The van der Waals surface area contributed by atoms with Crippen molar-refractivity contribution in [2.75, 3.05) is 42.9 Å². The number of aromatic amines is 1. The van der Waals surface area contributed by atoms with E-state index >= 15 is 0 Å². The van der Waals surface area contributed by atoms with E-state index in [1.807, 2.05) is 34.9 Å². The van der Waals surface area contributed by atoms with E-state index in [0.717, 1.165) is 71.7 Å². The van der Waals surface area contributed by atoms with Gasteiger partial charge in [-0.3, -0.25) is 9.20 Å². The van der Waals surface area contributed by atoms with Gasteiger partial charge in [0, 0.05) is 62.1 Å². The van der Waals surface area contributed by atoms with E-state index in [0.29, 0.717) is 0 Å². The number of piperazine rings is 1. The molecule has 1 aliphatic heterocycles. The van der Waals surface area contributed by atoms with Crippen molar-refractivity contribution in [3.05, 3.63) is 76.4 Å². The third-order valence-electron chi connectivity index (χ3n) is 6.01. The number of likely N-dealkylation sites (N-methyl/N-ethyl adjacent to an activating group) is 1. The molecule has 0 bridgehead atoms. The second kappa shape index (κ2) is 8.68. The van der Waals surface area contributed by atoms with Gasteiger partial charge in [-0.15, -0.1) is 0 Å². The van der Waals surface area contributed by atoms with E-state index in [9.17, 15) is 4.79 Å². The van der Waals surface area contributed by atoms with Crippen LogP contribution in [0, 0.1) is 0 Å². The first-order chi connectivity index (χ1) is 15.6. The van der Waals surface area contributed by atoms with Gasteiger partial charge in [-0.1, -0.05) is 18.5 Å². The number of anilines is 3. The normalized spacial score (nSPS) is 14.8. The molecule has 0 spiro atoms. The first-order valence-electron chi connectivity index (χ1n) is 10.8. The number of hydrogen-bond acceptors (Lipinski definition) is 5. The highest BCUT2D eigenvalue weighted by Crippen LogP contribution is 2.32. The van der Waals surface area contributed by atoms with E-state index in [-0.39, 0.29) is 5.56 Å². The number of imidazole rings is 1. The van der Waals surface area contributed by atoms with Crippen LogP contribution in [0.1, 0.15) is 6.92 Å². The third kappa shape index (κ3) is 3.97. The van der Waals surface area contributed by atoms with Gasteiger partial charge in [0.05, 0.1) is 22.1 Å². The Morgan fingerprint density at radius 2 is 1.94 bits per heavy atom. The van der Waals surface area contributed by atoms with Crippen LogP contribution in [0.4, 0.5) is 17.1 Å². The maximum atomic E-state index is 11.7. The van der Waals surface area contributed by atoms with Crippen molar-refractivity contribution in [2.45, 2.75) is 6.92 Å². The molecule has 164 valence electrons. The topological polar surface area (TPSA) is 68.7 Å². The lowest BCUT2D eigenvalue weighted by molar-refractivity contribution is 0.271. The minimum Gasteiger partial charge on any atom is -0.368 e. The summed E-state index contributed by atoms with van der Waals surface area (Å²) in [5, 5.41) is 4.18. The summed E-state index contributed by atoms with van der Waals surface area (Å²) in [5.74, 6) is 0. The van der Waals surface area contributed by atoms with Crippen LogP contribution in [0.3, 0.4) is 0 Å². The highest BCUT2D eigenvalue weighted by molar-refractivity contribution is 6.33. The summed E-state index contributed by atoms with van der Waals surface area (Å²) < 4.78 is 1.97. The molecule has 3 aromatic heterocycles. The van der Waals surface area contributed by atoms with Gasteiger partial charge in [-0.05, 0) is 42.9 Å². The van der Waals surface area contributed by atoms with Gasteiger partial charge in [0.1, 0.15) is 0 Å². The van der Waals surface area contributed by atoms with Crippen LogP contribution in [0.15, 0.2) is 65.8 Å². The largest absolute Gasteiger partial charge is 0.368 e. The van der Waals surface area contributed by atoms with Gasteiger partial charge >= 0.3 is 0 Å². The van der Waals surface area contributed by atoms with Crippen LogP contribution in [0.2, 0.25) is 5.02 Å². The predicted molar refractivity (Wildman–Crippen MR) is 130 cm³/mol. The molecule has 4 heterocycles. The first kappa shape index (κ1) is 20.6. The quantitative estimate of drug-likeness (QED) is 0.478. The van der Waals surface area contributed by atoms with Crippen molar-refractivity contribution >= 4 is 34.3 Å². The van der Waals surface area contributed by atoms with Gasteiger partial charge in [0.2, 0.25) is 5.56 Å². The Kier molecular flexibility index (Phi) is 5.59. The predicted octanol–water partition coefficient (Wildman–Crippen LogP) is 4.23. The molecule has 2 N–H and O–H groups in total. The number of H-pyrrole nitrogens is 1. The molecular formula is C24H25ClN6O. The Labute approximate surface area is 191 Å². The van der Waals surface area contributed by atoms with Gasteiger partial charge < -0.3 is 20.1 Å². The van der Waals surface area contributed by atoms with E-state index in [2.05, 4.69) is 44.1 Å². The first-order valence-corrected chi connectivity index (χ1v) is 11.2. The zero-order valence-electron chi connectivity index (χ0n) is 17.9. The monoisotopic (exact) mass is 448 g/mol. The maximum Gasteiger partial charge on any atom is 0.248 e. The summed E-state index contributed by atoms with van der Waals surface area (Å²) >= 11 is 6.67. The molecule has 8 heteroatoms. The number of nitrogens with one attached hydrogen (secondary N) is 2. The standard InChI is InChI=1S/C24H25ClN6O/c1-2-29-11-13-30(14-12-29)22-5-3-18(16-19(22)25)28-20-4-6-21(31-10-9-27-24(20)31)17-7-8-26-23(32)15-17/h3-10,15-16,28H,2,11-14H2,1H3,(H,26,32). The molecule has 0 saturated carbocycles. The number of rotatable bonds is 5. The average molecular weight is 449 g/mol. The maximum absolute atomic E-state index is 11.7. The fourth-order valence-corrected chi connectivity index (χ4v) is 4.55. The number of aromatic nitrogens is 3. The molecule has 1 saturated heterocycles. The fraction of sp³-hybridized carbons (Fsp3) is 0.250. The Balaban J connectivity index is 1.40. The zero-order valence-corrected chi connectivity index (χ0v) is 18.6. The molecule has 0 atom stereocenters. The van der Waals surface area contributed by atoms with Crippen LogP contribution in [0.25, 0.3) is 16.9 Å². The molecule has 0 amide bonds. The summed E-state index contributed by atoms with van der Waals surface area (Å²) in [4.78, 5) is 23.7. The third-order valence-corrected chi connectivity index (χ3v) is 6.31. The van der Waals surface area contributed by atoms with Crippen molar-refractivity contribution in [3.63, 3.8) is 0 Å². The van der Waals surface area contributed by atoms with E-state index < -0.39 is 0 Å². The highest BCUT2D eigenvalue weighted by Gasteiger charge is 2.18. The minimum atomic E-state index is -0.135. The van der Waals surface area contributed by atoms with Crippen molar-refractivity contribution < 1.29 is 0 Å².